The summed E-state index contributed by atoms with van der Waals surface area (Å²) < 4.78 is 8.53. The van der Waals surface area contributed by atoms with E-state index in [0.717, 1.165) is 17.1 Å². The number of aryl methyl sites for hydroxylation is 2. The van der Waals surface area contributed by atoms with E-state index in [1.165, 1.54) is 0 Å². The lowest BCUT2D eigenvalue weighted by molar-refractivity contribution is 0.102. The molecule has 2 heterocycles. The number of hydrogen-bond donors (Lipinski definition) is 1. The van der Waals surface area contributed by atoms with Crippen molar-refractivity contribution in [2.45, 2.75) is 6.92 Å². The second-order valence-electron chi connectivity index (χ2n) is 5.11. The van der Waals surface area contributed by atoms with Crippen LogP contribution in [0, 0.1) is 6.92 Å². The Kier molecular flexibility index (Phi) is 3.84. The first kappa shape index (κ1) is 14.8. The number of benzene rings is 1. The van der Waals surface area contributed by atoms with E-state index in [4.69, 9.17) is 4.74 Å². The van der Waals surface area contributed by atoms with Crippen molar-refractivity contribution in [1.29, 1.82) is 0 Å². The van der Waals surface area contributed by atoms with Crippen LogP contribution in [0.1, 0.15) is 16.2 Å². The number of ether oxygens (including phenoxy) is 1. The molecule has 1 aromatic carbocycles. The van der Waals surface area contributed by atoms with Crippen LogP contribution in [-0.2, 0) is 7.05 Å². The molecule has 0 saturated carbocycles. The van der Waals surface area contributed by atoms with E-state index >= 15 is 0 Å². The molecular formula is C16H17N5O2. The van der Waals surface area contributed by atoms with Crippen LogP contribution < -0.4 is 10.1 Å². The van der Waals surface area contributed by atoms with Crippen molar-refractivity contribution in [2.24, 2.45) is 7.05 Å². The van der Waals surface area contributed by atoms with Crippen molar-refractivity contribution in [3.8, 4) is 11.4 Å². The zero-order valence-electron chi connectivity index (χ0n) is 13.1. The topological polar surface area (TPSA) is 74.0 Å². The SMILES string of the molecule is COc1ccc(-n2cnc(C(=O)Nc3cc(C)nn3C)c2)cc1. The highest BCUT2D eigenvalue weighted by molar-refractivity contribution is 6.02. The molecular weight excluding hydrogens is 294 g/mol. The molecule has 0 radical (unpaired) electrons. The molecule has 118 valence electrons. The molecule has 1 amide bonds. The maximum atomic E-state index is 12.3. The maximum Gasteiger partial charge on any atom is 0.277 e. The molecule has 0 saturated heterocycles. The molecule has 0 aliphatic carbocycles. The Labute approximate surface area is 133 Å². The number of rotatable bonds is 4. The Balaban J connectivity index is 1.77. The number of hydrogen-bond acceptors (Lipinski definition) is 4. The first-order valence-electron chi connectivity index (χ1n) is 7.07. The minimum Gasteiger partial charge on any atom is -0.497 e. The van der Waals surface area contributed by atoms with Gasteiger partial charge in [0, 0.05) is 25.0 Å². The number of imidazole rings is 1. The largest absolute Gasteiger partial charge is 0.497 e. The van der Waals surface area contributed by atoms with Gasteiger partial charge in [-0.25, -0.2) is 4.98 Å². The number of methoxy groups -OCH3 is 1. The van der Waals surface area contributed by atoms with Crippen molar-refractivity contribution in [1.82, 2.24) is 19.3 Å². The quantitative estimate of drug-likeness (QED) is 0.801. The standard InChI is InChI=1S/C16H17N5O2/c1-11-8-15(20(2)19-11)18-16(22)14-9-21(10-17-14)12-4-6-13(23-3)7-5-12/h4-10H,1-3H3,(H,18,22). The molecule has 0 aliphatic heterocycles. The Bertz CT molecular complexity index is 833. The van der Waals surface area contributed by atoms with Gasteiger partial charge in [-0.2, -0.15) is 5.10 Å². The minimum atomic E-state index is -0.278. The van der Waals surface area contributed by atoms with Crippen LogP contribution in [0.4, 0.5) is 5.82 Å². The third-order valence-corrected chi connectivity index (χ3v) is 3.43. The number of carbonyl (C=O) groups excluding carboxylic acids is 1. The van der Waals surface area contributed by atoms with E-state index in [2.05, 4.69) is 15.4 Å². The van der Waals surface area contributed by atoms with Crippen LogP contribution in [0.25, 0.3) is 5.69 Å². The van der Waals surface area contributed by atoms with Crippen molar-refractivity contribution < 1.29 is 9.53 Å². The highest BCUT2D eigenvalue weighted by atomic mass is 16.5. The van der Waals surface area contributed by atoms with Crippen LogP contribution in [0.5, 0.6) is 5.75 Å². The van der Waals surface area contributed by atoms with Gasteiger partial charge in [0.15, 0.2) is 0 Å². The highest BCUT2D eigenvalue weighted by Crippen LogP contribution is 2.16. The van der Waals surface area contributed by atoms with Gasteiger partial charge in [-0.1, -0.05) is 0 Å². The Morgan fingerprint density at radius 2 is 2.00 bits per heavy atom. The summed E-state index contributed by atoms with van der Waals surface area (Å²) in [7, 11) is 3.40. The third-order valence-electron chi connectivity index (χ3n) is 3.43. The summed E-state index contributed by atoms with van der Waals surface area (Å²) in [6.07, 6.45) is 3.28. The number of amides is 1. The highest BCUT2D eigenvalue weighted by Gasteiger charge is 2.12. The molecule has 0 unspecified atom stereocenters. The van der Waals surface area contributed by atoms with Crippen molar-refractivity contribution >= 4 is 11.7 Å². The fourth-order valence-corrected chi connectivity index (χ4v) is 2.24. The van der Waals surface area contributed by atoms with Gasteiger partial charge in [-0.05, 0) is 31.2 Å². The zero-order chi connectivity index (χ0) is 16.4. The second kappa shape index (κ2) is 5.96. The fourth-order valence-electron chi connectivity index (χ4n) is 2.24. The Morgan fingerprint density at radius 3 is 2.61 bits per heavy atom. The smallest absolute Gasteiger partial charge is 0.277 e. The normalized spacial score (nSPS) is 10.6. The van der Waals surface area contributed by atoms with E-state index in [1.807, 2.05) is 31.2 Å². The van der Waals surface area contributed by atoms with E-state index in [1.54, 1.807) is 42.0 Å². The molecule has 7 heteroatoms. The van der Waals surface area contributed by atoms with Crippen molar-refractivity contribution in [3.05, 3.63) is 54.2 Å². The maximum absolute atomic E-state index is 12.3. The lowest BCUT2D eigenvalue weighted by Gasteiger charge is -2.04. The average Bonchev–Trinajstić information content (AvgIpc) is 3.15. The summed E-state index contributed by atoms with van der Waals surface area (Å²) in [5.74, 6) is 1.13. The summed E-state index contributed by atoms with van der Waals surface area (Å²) in [6, 6.07) is 9.30. The first-order valence-corrected chi connectivity index (χ1v) is 7.07. The van der Waals surface area contributed by atoms with Crippen LogP contribution in [0.15, 0.2) is 42.9 Å². The summed E-state index contributed by atoms with van der Waals surface area (Å²) in [4.78, 5) is 16.4. The summed E-state index contributed by atoms with van der Waals surface area (Å²) in [6.45, 7) is 1.87. The molecule has 0 aliphatic rings. The second-order valence-corrected chi connectivity index (χ2v) is 5.11. The van der Waals surface area contributed by atoms with Gasteiger partial charge < -0.3 is 14.6 Å². The summed E-state index contributed by atoms with van der Waals surface area (Å²) >= 11 is 0. The predicted octanol–water partition coefficient (Wildman–Crippen LogP) is 2.18. The molecule has 0 fully saturated rings. The molecule has 1 N–H and O–H groups in total. The third kappa shape index (κ3) is 3.08. The van der Waals surface area contributed by atoms with Gasteiger partial charge in [0.1, 0.15) is 23.6 Å². The average molecular weight is 311 g/mol. The first-order chi connectivity index (χ1) is 11.1. The van der Waals surface area contributed by atoms with E-state index in [-0.39, 0.29) is 5.91 Å². The molecule has 7 nitrogen and oxygen atoms in total. The number of aromatic nitrogens is 4. The van der Waals surface area contributed by atoms with Gasteiger partial charge in [0.2, 0.25) is 0 Å². The lowest BCUT2D eigenvalue weighted by Crippen LogP contribution is -2.14. The van der Waals surface area contributed by atoms with Crippen LogP contribution in [0.3, 0.4) is 0 Å². The number of carbonyl (C=O) groups is 1. The lowest BCUT2D eigenvalue weighted by atomic mass is 10.3. The van der Waals surface area contributed by atoms with Crippen LogP contribution in [-0.4, -0.2) is 32.3 Å². The Hall–Kier alpha value is -3.09. The predicted molar refractivity (Wildman–Crippen MR) is 86.0 cm³/mol. The van der Waals surface area contributed by atoms with Gasteiger partial charge in [0.25, 0.3) is 5.91 Å². The molecule has 0 spiro atoms. The van der Waals surface area contributed by atoms with E-state index in [0.29, 0.717) is 11.5 Å². The van der Waals surface area contributed by atoms with Crippen molar-refractivity contribution in [3.63, 3.8) is 0 Å². The van der Waals surface area contributed by atoms with Gasteiger partial charge in [-0.3, -0.25) is 9.48 Å². The molecule has 0 atom stereocenters. The number of nitrogens with zero attached hydrogens (tertiary/aromatic N) is 4. The monoisotopic (exact) mass is 311 g/mol. The number of nitrogens with one attached hydrogen (secondary N) is 1. The van der Waals surface area contributed by atoms with Crippen LogP contribution in [0.2, 0.25) is 0 Å². The molecule has 2 aromatic heterocycles. The fraction of sp³-hybridized carbons (Fsp3) is 0.188. The van der Waals surface area contributed by atoms with E-state index < -0.39 is 0 Å². The molecule has 23 heavy (non-hydrogen) atoms. The summed E-state index contributed by atoms with van der Waals surface area (Å²) in [5, 5.41) is 6.99. The van der Waals surface area contributed by atoms with Gasteiger partial charge in [0.05, 0.1) is 12.8 Å². The molecule has 3 aromatic rings. The summed E-state index contributed by atoms with van der Waals surface area (Å²) in [5.41, 5.74) is 2.07. The number of anilines is 1. The van der Waals surface area contributed by atoms with Crippen LogP contribution >= 0.6 is 0 Å². The zero-order valence-corrected chi connectivity index (χ0v) is 13.1. The van der Waals surface area contributed by atoms with Gasteiger partial charge in [-0.15, -0.1) is 0 Å². The van der Waals surface area contributed by atoms with Gasteiger partial charge >= 0.3 is 0 Å². The minimum absolute atomic E-state index is 0.278. The van der Waals surface area contributed by atoms with E-state index in [9.17, 15) is 4.79 Å². The molecule has 3 rings (SSSR count). The Morgan fingerprint density at radius 1 is 1.26 bits per heavy atom. The van der Waals surface area contributed by atoms with Crippen molar-refractivity contribution in [2.75, 3.05) is 12.4 Å². The molecule has 0 bridgehead atoms.